The first kappa shape index (κ1) is 17.7. The molecule has 0 aromatic rings. The van der Waals surface area contributed by atoms with Gasteiger partial charge in [-0.15, -0.1) is 0 Å². The quantitative estimate of drug-likeness (QED) is 0.423. The lowest BCUT2D eigenvalue weighted by atomic mass is 10.4. The highest BCUT2D eigenvalue weighted by atomic mass is 35.6. The highest BCUT2D eigenvalue weighted by Crippen LogP contribution is 2.41. The molecular weight excluding hydrogens is 433 g/mol. The second-order valence-electron chi connectivity index (χ2n) is 2.92. The van der Waals surface area contributed by atoms with Crippen LogP contribution in [0.4, 0.5) is 0 Å². The summed E-state index contributed by atoms with van der Waals surface area (Å²) in [5, 5.41) is 0.957. The van der Waals surface area contributed by atoms with Crippen LogP contribution >= 0.6 is 104 Å². The summed E-state index contributed by atoms with van der Waals surface area (Å²) in [5.41, 5.74) is 2.39. The average Bonchev–Trinajstić information content (AvgIpc) is 2.13. The van der Waals surface area contributed by atoms with Gasteiger partial charge in [-0.25, -0.2) is 10.0 Å². The van der Waals surface area contributed by atoms with Crippen LogP contribution in [0.15, 0.2) is 16.9 Å². The van der Waals surface area contributed by atoms with E-state index in [1.54, 1.807) is 0 Å². The summed E-state index contributed by atoms with van der Waals surface area (Å²) < 4.78 is -5.70. The zero-order valence-corrected chi connectivity index (χ0v) is 14.7. The van der Waals surface area contributed by atoms with Crippen molar-refractivity contribution in [2.24, 2.45) is 4.99 Å². The molecular formula is C6H2Cl9N3. The Bertz CT molecular complexity index is 385. The number of hydrazine groups is 1. The van der Waals surface area contributed by atoms with Crippen molar-refractivity contribution in [2.45, 2.75) is 11.5 Å². The van der Waals surface area contributed by atoms with E-state index in [2.05, 4.69) is 10.4 Å². The number of hydrogen-bond donors (Lipinski definition) is 1. The molecule has 1 heterocycles. The van der Waals surface area contributed by atoms with Gasteiger partial charge in [0.1, 0.15) is 5.70 Å². The van der Waals surface area contributed by atoms with Crippen molar-refractivity contribution >= 4 is 110 Å². The van der Waals surface area contributed by atoms with Gasteiger partial charge >= 0.3 is 0 Å². The summed E-state index contributed by atoms with van der Waals surface area (Å²) in [5.74, 6) is -0.178. The predicted octanol–water partition coefficient (Wildman–Crippen LogP) is 5.11. The van der Waals surface area contributed by atoms with E-state index in [0.717, 1.165) is 5.01 Å². The van der Waals surface area contributed by atoms with Gasteiger partial charge in [-0.05, 0) is 0 Å². The highest BCUT2D eigenvalue weighted by molar-refractivity contribution is 6.77. The molecule has 0 aromatic carbocycles. The number of halogens is 9. The van der Waals surface area contributed by atoms with E-state index in [-0.39, 0.29) is 11.5 Å². The van der Waals surface area contributed by atoms with Gasteiger partial charge in [0.05, 0.1) is 6.20 Å². The van der Waals surface area contributed by atoms with E-state index >= 15 is 0 Å². The second-order valence-corrected chi connectivity index (χ2v) is 9.70. The summed E-state index contributed by atoms with van der Waals surface area (Å²) >= 11 is 51.1. The van der Waals surface area contributed by atoms with Gasteiger partial charge in [-0.1, -0.05) is 104 Å². The second kappa shape index (κ2) is 5.78. The molecule has 0 radical (unpaired) electrons. The molecule has 0 fully saturated rings. The Morgan fingerprint density at radius 2 is 1.39 bits per heavy atom. The fourth-order valence-corrected chi connectivity index (χ4v) is 1.64. The van der Waals surface area contributed by atoms with Crippen LogP contribution in [-0.4, -0.2) is 22.3 Å². The first-order valence-corrected chi connectivity index (χ1v) is 7.29. The molecule has 0 spiro atoms. The van der Waals surface area contributed by atoms with E-state index in [1.807, 2.05) is 0 Å². The van der Waals surface area contributed by atoms with Crippen molar-refractivity contribution in [3.8, 4) is 0 Å². The standard InChI is InChI=1S/C6H2Cl9N3/c7-4(8,9)2-1-18(6(13,14)15)17-3(16-2)5(10,11)12/h1H,(H,16,17). The normalized spacial score (nSPS) is 18.2. The Kier molecular flexibility index (Phi) is 5.68. The molecule has 0 bridgehead atoms. The van der Waals surface area contributed by atoms with E-state index in [1.165, 1.54) is 6.20 Å². The van der Waals surface area contributed by atoms with E-state index in [4.69, 9.17) is 104 Å². The molecule has 0 unspecified atom stereocenters. The topological polar surface area (TPSA) is 27.6 Å². The molecule has 3 nitrogen and oxygen atoms in total. The molecule has 104 valence electrons. The van der Waals surface area contributed by atoms with E-state index < -0.39 is 11.5 Å². The molecule has 0 aromatic heterocycles. The summed E-state index contributed by atoms with van der Waals surface area (Å²) in [4.78, 5) is 3.85. The maximum absolute atomic E-state index is 5.69. The van der Waals surface area contributed by atoms with Crippen molar-refractivity contribution in [1.82, 2.24) is 10.4 Å². The largest absolute Gasteiger partial charge is 0.285 e. The third kappa shape index (κ3) is 4.87. The van der Waals surface area contributed by atoms with Crippen LogP contribution in [0, 0.1) is 0 Å². The number of allylic oxidation sites excluding steroid dienone is 1. The van der Waals surface area contributed by atoms with Crippen LogP contribution in [-0.2, 0) is 0 Å². The first-order chi connectivity index (χ1) is 7.82. The van der Waals surface area contributed by atoms with Crippen molar-refractivity contribution < 1.29 is 0 Å². The number of nitrogens with one attached hydrogen (secondary N) is 1. The molecule has 0 saturated carbocycles. The lowest BCUT2D eigenvalue weighted by molar-refractivity contribution is 0.325. The average molecular weight is 435 g/mol. The highest BCUT2D eigenvalue weighted by Gasteiger charge is 2.40. The molecule has 1 aliphatic heterocycles. The maximum Gasteiger partial charge on any atom is 0.285 e. The number of rotatable bonds is 0. The minimum absolute atomic E-state index is 0.0844. The van der Waals surface area contributed by atoms with Gasteiger partial charge < -0.3 is 0 Å². The van der Waals surface area contributed by atoms with Crippen molar-refractivity contribution in [1.29, 1.82) is 0 Å². The monoisotopic (exact) mass is 431 g/mol. The summed E-state index contributed by atoms with van der Waals surface area (Å²) in [6.45, 7) is 0. The van der Waals surface area contributed by atoms with Gasteiger partial charge in [0.2, 0.25) is 7.59 Å². The molecule has 12 heteroatoms. The minimum atomic E-state index is -1.91. The van der Waals surface area contributed by atoms with Crippen LogP contribution in [0.5, 0.6) is 0 Å². The van der Waals surface area contributed by atoms with Crippen LogP contribution in [0.3, 0.4) is 0 Å². The summed E-state index contributed by atoms with van der Waals surface area (Å²) in [6, 6.07) is 0. The smallest absolute Gasteiger partial charge is 0.278 e. The number of nitrogens with zero attached hydrogens (tertiary/aromatic N) is 2. The minimum Gasteiger partial charge on any atom is -0.278 e. The molecule has 0 atom stereocenters. The Balaban J connectivity index is 3.21. The molecule has 0 amide bonds. The van der Waals surface area contributed by atoms with Crippen LogP contribution in [0.1, 0.15) is 0 Å². The Morgan fingerprint density at radius 1 is 0.889 bits per heavy atom. The number of amidine groups is 1. The number of aliphatic imine (C=N–C) groups is 1. The molecule has 18 heavy (non-hydrogen) atoms. The van der Waals surface area contributed by atoms with Gasteiger partial charge in [-0.3, -0.25) is 5.43 Å². The van der Waals surface area contributed by atoms with Gasteiger partial charge in [-0.2, -0.15) is 0 Å². The fraction of sp³-hybridized carbons (Fsp3) is 0.500. The zero-order chi connectivity index (χ0) is 14.4. The van der Waals surface area contributed by atoms with E-state index in [9.17, 15) is 0 Å². The fourth-order valence-electron chi connectivity index (χ4n) is 0.843. The van der Waals surface area contributed by atoms with Crippen molar-refractivity contribution in [2.75, 3.05) is 0 Å². The molecule has 1 N–H and O–H groups in total. The molecule has 0 aliphatic carbocycles. The number of alkyl halides is 9. The first-order valence-electron chi connectivity index (χ1n) is 3.89. The Hall–Kier alpha value is 1.62. The lowest BCUT2D eigenvalue weighted by Gasteiger charge is -2.35. The summed E-state index contributed by atoms with van der Waals surface area (Å²) in [6.07, 6.45) is 1.17. The lowest BCUT2D eigenvalue weighted by Crippen LogP contribution is -2.52. The van der Waals surface area contributed by atoms with Crippen LogP contribution < -0.4 is 5.43 Å². The zero-order valence-electron chi connectivity index (χ0n) is 7.87. The Labute approximate surface area is 148 Å². The SMILES string of the molecule is ClC(Cl)(Cl)C1=CN(C(Cl)(Cl)Cl)NC(C(Cl)(Cl)Cl)=N1. The van der Waals surface area contributed by atoms with Gasteiger partial charge in [0.25, 0.3) is 3.92 Å². The maximum atomic E-state index is 5.69. The van der Waals surface area contributed by atoms with Crippen LogP contribution in [0.2, 0.25) is 0 Å². The predicted molar refractivity (Wildman–Crippen MR) is 81.4 cm³/mol. The van der Waals surface area contributed by atoms with Gasteiger partial charge in [0, 0.05) is 0 Å². The molecule has 0 saturated heterocycles. The molecule has 1 aliphatic rings. The van der Waals surface area contributed by atoms with E-state index in [0.29, 0.717) is 0 Å². The van der Waals surface area contributed by atoms with Crippen molar-refractivity contribution in [3.63, 3.8) is 0 Å². The third-order valence-electron chi connectivity index (χ3n) is 1.54. The molecule has 1 rings (SSSR count). The van der Waals surface area contributed by atoms with Crippen LogP contribution in [0.25, 0.3) is 0 Å². The Morgan fingerprint density at radius 3 is 1.72 bits per heavy atom. The van der Waals surface area contributed by atoms with Crippen molar-refractivity contribution in [3.05, 3.63) is 11.9 Å². The number of hydrogen-bond acceptors (Lipinski definition) is 3. The third-order valence-corrected chi connectivity index (χ3v) is 3.21. The van der Waals surface area contributed by atoms with Gasteiger partial charge in [0.15, 0.2) is 5.84 Å². The summed E-state index contributed by atoms with van der Waals surface area (Å²) in [7, 11) is 0.